The van der Waals surface area contributed by atoms with Crippen LogP contribution in [0.2, 0.25) is 5.02 Å². The van der Waals surface area contributed by atoms with Crippen molar-refractivity contribution in [2.45, 2.75) is 12.3 Å². The van der Waals surface area contributed by atoms with E-state index in [2.05, 4.69) is 11.4 Å². The van der Waals surface area contributed by atoms with Gasteiger partial charge in [0.1, 0.15) is 0 Å². The third-order valence-electron chi connectivity index (χ3n) is 2.10. The predicted octanol–water partition coefficient (Wildman–Crippen LogP) is 2.08. The zero-order chi connectivity index (χ0) is 11.3. The van der Waals surface area contributed by atoms with Gasteiger partial charge in [-0.15, -0.1) is 0 Å². The van der Waals surface area contributed by atoms with Crippen molar-refractivity contribution in [3.8, 4) is 6.07 Å². The first-order valence-corrected chi connectivity index (χ1v) is 4.91. The fraction of sp³-hybridized carbons (Fsp3) is 0.273. The Hall–Kier alpha value is -1.53. The summed E-state index contributed by atoms with van der Waals surface area (Å²) in [6.07, 6.45) is 0.136. The van der Waals surface area contributed by atoms with E-state index in [0.717, 1.165) is 0 Å². The molecule has 0 aliphatic heterocycles. The molecule has 1 amide bonds. The monoisotopic (exact) mass is 222 g/mol. The fourth-order valence-corrected chi connectivity index (χ4v) is 1.54. The average molecular weight is 223 g/mol. The maximum Gasteiger partial charge on any atom is 0.221 e. The van der Waals surface area contributed by atoms with Crippen molar-refractivity contribution in [2.24, 2.45) is 0 Å². The SMILES string of the molecule is CNC(=O)CC(C#N)c1ccccc1Cl. The Kier molecular flexibility index (Phi) is 4.14. The Balaban J connectivity index is 2.89. The maximum atomic E-state index is 11.2. The van der Waals surface area contributed by atoms with Gasteiger partial charge in [-0.25, -0.2) is 0 Å². The highest BCUT2D eigenvalue weighted by atomic mass is 35.5. The second-order valence-corrected chi connectivity index (χ2v) is 3.49. The van der Waals surface area contributed by atoms with Gasteiger partial charge in [-0.1, -0.05) is 29.8 Å². The number of carbonyl (C=O) groups excluding carboxylic acids is 1. The highest BCUT2D eigenvalue weighted by Gasteiger charge is 2.16. The smallest absolute Gasteiger partial charge is 0.221 e. The van der Waals surface area contributed by atoms with Crippen LogP contribution in [0.3, 0.4) is 0 Å². The predicted molar refractivity (Wildman–Crippen MR) is 58.5 cm³/mol. The van der Waals surface area contributed by atoms with Crippen LogP contribution in [0.5, 0.6) is 0 Å². The Bertz CT molecular complexity index is 398. The van der Waals surface area contributed by atoms with E-state index in [4.69, 9.17) is 16.9 Å². The number of benzene rings is 1. The standard InChI is InChI=1S/C11H11ClN2O/c1-14-11(15)6-8(7-13)9-4-2-3-5-10(9)12/h2-5,8H,6H2,1H3,(H,14,15). The van der Waals surface area contributed by atoms with E-state index in [1.165, 1.54) is 0 Å². The molecule has 0 heterocycles. The lowest BCUT2D eigenvalue weighted by molar-refractivity contribution is -0.120. The molecule has 1 aromatic carbocycles. The van der Waals surface area contributed by atoms with Crippen molar-refractivity contribution >= 4 is 17.5 Å². The summed E-state index contributed by atoms with van der Waals surface area (Å²) in [6, 6.07) is 9.15. The molecule has 0 saturated carbocycles. The largest absolute Gasteiger partial charge is 0.359 e. The molecule has 0 aromatic heterocycles. The van der Waals surface area contributed by atoms with Crippen LogP contribution in [0.1, 0.15) is 17.9 Å². The summed E-state index contributed by atoms with van der Waals surface area (Å²) in [4.78, 5) is 11.2. The first-order chi connectivity index (χ1) is 7.19. The minimum Gasteiger partial charge on any atom is -0.359 e. The van der Waals surface area contributed by atoms with Crippen LogP contribution in [0.4, 0.5) is 0 Å². The quantitative estimate of drug-likeness (QED) is 0.852. The Morgan fingerprint density at radius 3 is 2.80 bits per heavy atom. The van der Waals surface area contributed by atoms with E-state index in [1.54, 1.807) is 31.3 Å². The van der Waals surface area contributed by atoms with Crippen LogP contribution >= 0.6 is 11.6 Å². The summed E-state index contributed by atoms with van der Waals surface area (Å²) in [7, 11) is 1.55. The first-order valence-electron chi connectivity index (χ1n) is 4.53. The summed E-state index contributed by atoms with van der Waals surface area (Å²) in [5.74, 6) is -0.653. The van der Waals surface area contributed by atoms with Crippen molar-refractivity contribution in [1.82, 2.24) is 5.32 Å². The zero-order valence-electron chi connectivity index (χ0n) is 8.33. The number of nitriles is 1. The Morgan fingerprint density at radius 1 is 1.60 bits per heavy atom. The number of amides is 1. The van der Waals surface area contributed by atoms with Crippen molar-refractivity contribution < 1.29 is 4.79 Å². The van der Waals surface area contributed by atoms with Crippen molar-refractivity contribution in [1.29, 1.82) is 5.26 Å². The zero-order valence-corrected chi connectivity index (χ0v) is 9.08. The molecule has 0 bridgehead atoms. The second-order valence-electron chi connectivity index (χ2n) is 3.08. The Morgan fingerprint density at radius 2 is 2.27 bits per heavy atom. The van der Waals surface area contributed by atoms with Gasteiger partial charge in [-0.05, 0) is 11.6 Å². The number of halogens is 1. The number of nitrogens with one attached hydrogen (secondary N) is 1. The second kappa shape index (κ2) is 5.38. The number of carbonyl (C=O) groups is 1. The summed E-state index contributed by atoms with van der Waals surface area (Å²) in [5, 5.41) is 12.0. The molecule has 1 N–H and O–H groups in total. The summed E-state index contributed by atoms with van der Waals surface area (Å²) < 4.78 is 0. The van der Waals surface area contributed by atoms with Crippen LogP contribution in [0, 0.1) is 11.3 Å². The van der Waals surface area contributed by atoms with Crippen molar-refractivity contribution in [2.75, 3.05) is 7.05 Å². The molecule has 78 valence electrons. The van der Waals surface area contributed by atoms with Crippen LogP contribution in [0.15, 0.2) is 24.3 Å². The van der Waals surface area contributed by atoms with Crippen LogP contribution in [-0.4, -0.2) is 13.0 Å². The molecular formula is C11H11ClN2O. The van der Waals surface area contributed by atoms with E-state index in [1.807, 2.05) is 0 Å². The van der Waals surface area contributed by atoms with E-state index in [0.29, 0.717) is 10.6 Å². The fourth-order valence-electron chi connectivity index (χ4n) is 1.27. The van der Waals surface area contributed by atoms with Crippen LogP contribution in [0.25, 0.3) is 0 Å². The van der Waals surface area contributed by atoms with Gasteiger partial charge in [-0.2, -0.15) is 5.26 Å². The van der Waals surface area contributed by atoms with Gasteiger partial charge in [-0.3, -0.25) is 4.79 Å². The lowest BCUT2D eigenvalue weighted by Crippen LogP contribution is -2.20. The average Bonchev–Trinajstić information content (AvgIpc) is 2.26. The molecule has 1 rings (SSSR count). The van der Waals surface area contributed by atoms with Crippen LogP contribution in [-0.2, 0) is 4.79 Å². The molecule has 15 heavy (non-hydrogen) atoms. The number of nitrogens with zero attached hydrogens (tertiary/aromatic N) is 1. The summed E-state index contributed by atoms with van der Waals surface area (Å²) >= 11 is 5.94. The molecule has 3 nitrogen and oxygen atoms in total. The molecule has 0 aliphatic carbocycles. The third kappa shape index (κ3) is 2.97. The first kappa shape index (κ1) is 11.5. The normalized spacial score (nSPS) is 11.5. The molecular weight excluding hydrogens is 212 g/mol. The highest BCUT2D eigenvalue weighted by molar-refractivity contribution is 6.31. The van der Waals surface area contributed by atoms with Gasteiger partial charge in [0.05, 0.1) is 12.0 Å². The molecule has 1 aromatic rings. The van der Waals surface area contributed by atoms with Gasteiger partial charge in [0.25, 0.3) is 0 Å². The van der Waals surface area contributed by atoms with E-state index in [-0.39, 0.29) is 12.3 Å². The van der Waals surface area contributed by atoms with Gasteiger partial charge in [0.2, 0.25) is 5.91 Å². The molecule has 0 saturated heterocycles. The third-order valence-corrected chi connectivity index (χ3v) is 2.45. The van der Waals surface area contributed by atoms with E-state index < -0.39 is 5.92 Å². The van der Waals surface area contributed by atoms with Crippen molar-refractivity contribution in [3.63, 3.8) is 0 Å². The maximum absolute atomic E-state index is 11.2. The topological polar surface area (TPSA) is 52.9 Å². The molecule has 4 heteroatoms. The molecule has 1 atom stereocenters. The number of hydrogen-bond acceptors (Lipinski definition) is 2. The van der Waals surface area contributed by atoms with Gasteiger partial charge >= 0.3 is 0 Å². The summed E-state index contributed by atoms with van der Waals surface area (Å²) in [6.45, 7) is 0. The minimum absolute atomic E-state index is 0.136. The minimum atomic E-state index is -0.487. The van der Waals surface area contributed by atoms with Gasteiger partial charge in [0, 0.05) is 18.5 Å². The van der Waals surface area contributed by atoms with E-state index in [9.17, 15) is 4.79 Å². The molecule has 0 fully saturated rings. The lowest BCUT2D eigenvalue weighted by atomic mass is 9.97. The lowest BCUT2D eigenvalue weighted by Gasteiger charge is -2.09. The van der Waals surface area contributed by atoms with Crippen molar-refractivity contribution in [3.05, 3.63) is 34.9 Å². The Labute approximate surface area is 93.7 Å². The van der Waals surface area contributed by atoms with Crippen LogP contribution < -0.4 is 5.32 Å². The summed E-state index contributed by atoms with van der Waals surface area (Å²) in [5.41, 5.74) is 0.699. The van der Waals surface area contributed by atoms with E-state index >= 15 is 0 Å². The molecule has 0 aliphatic rings. The molecule has 0 spiro atoms. The molecule has 0 radical (unpaired) electrons. The number of rotatable bonds is 3. The molecule has 1 unspecified atom stereocenters. The van der Waals surface area contributed by atoms with Gasteiger partial charge in [0.15, 0.2) is 0 Å². The highest BCUT2D eigenvalue weighted by Crippen LogP contribution is 2.26. The van der Waals surface area contributed by atoms with Gasteiger partial charge < -0.3 is 5.32 Å². The number of hydrogen-bond donors (Lipinski definition) is 1.